The molecule has 1 amide bonds. The van der Waals surface area contributed by atoms with Gasteiger partial charge in [-0.05, 0) is 25.8 Å². The van der Waals surface area contributed by atoms with Crippen molar-refractivity contribution in [3.05, 3.63) is 30.1 Å². The van der Waals surface area contributed by atoms with Gasteiger partial charge in [0.1, 0.15) is 18.7 Å². The number of hydrogen-bond donors (Lipinski definition) is 1. The van der Waals surface area contributed by atoms with Crippen molar-refractivity contribution in [3.8, 4) is 0 Å². The predicted molar refractivity (Wildman–Crippen MR) is 76.9 cm³/mol. The normalized spacial score (nSPS) is 20.2. The second kappa shape index (κ2) is 6.25. The molecule has 7 nitrogen and oxygen atoms in total. The number of carbonyl (C=O) groups excluding carboxylic acids is 1. The Morgan fingerprint density at radius 2 is 2.25 bits per heavy atom. The van der Waals surface area contributed by atoms with Crippen LogP contribution in [0.25, 0.3) is 0 Å². The number of H-pyrrole nitrogens is 1. The minimum Gasteiger partial charge on any atom is -0.340 e. The first kappa shape index (κ1) is 16.5. The molecular formula is C14H17F3N6O. The van der Waals surface area contributed by atoms with E-state index in [0.717, 1.165) is 12.5 Å². The number of aromatic amines is 1. The van der Waals surface area contributed by atoms with Crippen molar-refractivity contribution in [2.24, 2.45) is 0 Å². The van der Waals surface area contributed by atoms with Crippen LogP contribution < -0.4 is 0 Å². The van der Waals surface area contributed by atoms with E-state index in [9.17, 15) is 18.0 Å². The SMILES string of the molecule is CC(C(=O)N1CCCC(c2cc(C(F)(F)F)n[nH]2)C1)n1cncn1. The lowest BCUT2D eigenvalue weighted by Crippen LogP contribution is -2.42. The summed E-state index contributed by atoms with van der Waals surface area (Å²) in [6, 6.07) is 0.526. The van der Waals surface area contributed by atoms with Gasteiger partial charge in [-0.3, -0.25) is 9.89 Å². The molecule has 0 radical (unpaired) electrons. The van der Waals surface area contributed by atoms with Crippen molar-refractivity contribution < 1.29 is 18.0 Å². The third-order valence-corrected chi connectivity index (χ3v) is 4.25. The van der Waals surface area contributed by atoms with E-state index in [-0.39, 0.29) is 11.8 Å². The molecule has 1 aliphatic heterocycles. The Bertz CT molecular complexity index is 696. The molecule has 0 spiro atoms. The predicted octanol–water partition coefficient (Wildman–Crippen LogP) is 1.99. The summed E-state index contributed by atoms with van der Waals surface area (Å²) in [4.78, 5) is 18.1. The maximum Gasteiger partial charge on any atom is 0.435 e. The molecule has 0 bridgehead atoms. The summed E-state index contributed by atoms with van der Waals surface area (Å²) in [7, 11) is 0. The van der Waals surface area contributed by atoms with Crippen molar-refractivity contribution in [3.63, 3.8) is 0 Å². The van der Waals surface area contributed by atoms with Gasteiger partial charge in [-0.1, -0.05) is 0 Å². The number of halogens is 3. The van der Waals surface area contributed by atoms with E-state index in [1.165, 1.54) is 17.3 Å². The Kier molecular flexibility index (Phi) is 4.29. The summed E-state index contributed by atoms with van der Waals surface area (Å²) >= 11 is 0. The van der Waals surface area contributed by atoms with Gasteiger partial charge in [0.15, 0.2) is 5.69 Å². The molecule has 0 saturated carbocycles. The van der Waals surface area contributed by atoms with Crippen LogP contribution in [0.5, 0.6) is 0 Å². The Balaban J connectivity index is 1.70. The first-order valence-electron chi connectivity index (χ1n) is 7.61. The summed E-state index contributed by atoms with van der Waals surface area (Å²) in [5.41, 5.74) is -0.523. The highest BCUT2D eigenvalue weighted by atomic mass is 19.4. The van der Waals surface area contributed by atoms with Crippen molar-refractivity contribution in [1.29, 1.82) is 0 Å². The van der Waals surface area contributed by atoms with Crippen LogP contribution in [-0.4, -0.2) is 48.9 Å². The Morgan fingerprint density at radius 1 is 1.46 bits per heavy atom. The van der Waals surface area contributed by atoms with Crippen LogP contribution in [0.3, 0.4) is 0 Å². The first-order valence-corrected chi connectivity index (χ1v) is 7.61. The molecule has 2 atom stereocenters. The average Bonchev–Trinajstić information content (AvgIpc) is 3.24. The maximum absolute atomic E-state index is 12.7. The zero-order valence-electron chi connectivity index (χ0n) is 13.0. The molecule has 2 aromatic heterocycles. The fraction of sp³-hybridized carbons (Fsp3) is 0.571. The number of likely N-dealkylation sites (tertiary alicyclic amines) is 1. The lowest BCUT2D eigenvalue weighted by atomic mass is 9.94. The lowest BCUT2D eigenvalue weighted by molar-refractivity contribution is -0.141. The molecule has 1 fully saturated rings. The van der Waals surface area contributed by atoms with Gasteiger partial charge >= 0.3 is 6.18 Å². The van der Waals surface area contributed by atoms with Crippen molar-refractivity contribution >= 4 is 5.91 Å². The summed E-state index contributed by atoms with van der Waals surface area (Å²) in [6.07, 6.45) is -0.219. The topological polar surface area (TPSA) is 79.7 Å². The van der Waals surface area contributed by atoms with Gasteiger partial charge in [0.05, 0.1) is 0 Å². The molecule has 0 aromatic carbocycles. The van der Waals surface area contributed by atoms with E-state index in [1.807, 2.05) is 0 Å². The van der Waals surface area contributed by atoms with E-state index in [4.69, 9.17) is 0 Å². The van der Waals surface area contributed by atoms with Gasteiger partial charge < -0.3 is 4.90 Å². The van der Waals surface area contributed by atoms with Crippen LogP contribution in [0, 0.1) is 0 Å². The zero-order valence-corrected chi connectivity index (χ0v) is 13.0. The highest BCUT2D eigenvalue weighted by Crippen LogP contribution is 2.32. The van der Waals surface area contributed by atoms with Gasteiger partial charge in [-0.15, -0.1) is 0 Å². The van der Waals surface area contributed by atoms with Gasteiger partial charge in [0, 0.05) is 24.7 Å². The molecule has 24 heavy (non-hydrogen) atoms. The van der Waals surface area contributed by atoms with E-state index in [1.54, 1.807) is 11.8 Å². The molecule has 1 N–H and O–H groups in total. The summed E-state index contributed by atoms with van der Waals surface area (Å²) in [5, 5.41) is 9.75. The number of nitrogens with one attached hydrogen (secondary N) is 1. The maximum atomic E-state index is 12.7. The second-order valence-corrected chi connectivity index (χ2v) is 5.88. The molecule has 1 saturated heterocycles. The van der Waals surface area contributed by atoms with Crippen LogP contribution in [-0.2, 0) is 11.0 Å². The Morgan fingerprint density at radius 3 is 2.88 bits per heavy atom. The van der Waals surface area contributed by atoms with Gasteiger partial charge in [0.25, 0.3) is 0 Å². The molecule has 130 valence electrons. The van der Waals surface area contributed by atoms with E-state index >= 15 is 0 Å². The molecule has 10 heteroatoms. The van der Waals surface area contributed by atoms with E-state index < -0.39 is 17.9 Å². The molecular weight excluding hydrogens is 325 g/mol. The molecule has 2 aromatic rings. The lowest BCUT2D eigenvalue weighted by Gasteiger charge is -2.33. The third kappa shape index (κ3) is 3.26. The fourth-order valence-corrected chi connectivity index (χ4v) is 2.92. The van der Waals surface area contributed by atoms with Crippen LogP contribution in [0.15, 0.2) is 18.7 Å². The van der Waals surface area contributed by atoms with Crippen LogP contribution in [0.1, 0.15) is 43.1 Å². The van der Waals surface area contributed by atoms with Crippen molar-refractivity contribution in [1.82, 2.24) is 29.9 Å². The average molecular weight is 342 g/mol. The Hall–Kier alpha value is -2.39. The number of nitrogens with zero attached hydrogens (tertiary/aromatic N) is 5. The zero-order chi connectivity index (χ0) is 17.3. The van der Waals surface area contributed by atoms with E-state index in [2.05, 4.69) is 20.3 Å². The van der Waals surface area contributed by atoms with Crippen LogP contribution >= 0.6 is 0 Å². The molecule has 3 rings (SSSR count). The smallest absolute Gasteiger partial charge is 0.340 e. The second-order valence-electron chi connectivity index (χ2n) is 5.88. The number of amides is 1. The summed E-state index contributed by atoms with van der Waals surface area (Å²) in [6.45, 7) is 2.66. The monoisotopic (exact) mass is 342 g/mol. The minimum atomic E-state index is -4.47. The highest BCUT2D eigenvalue weighted by molar-refractivity contribution is 5.80. The van der Waals surface area contributed by atoms with Crippen molar-refractivity contribution in [2.75, 3.05) is 13.1 Å². The number of carbonyl (C=O) groups is 1. The number of alkyl halides is 3. The van der Waals surface area contributed by atoms with Crippen LogP contribution in [0.2, 0.25) is 0 Å². The van der Waals surface area contributed by atoms with Crippen molar-refractivity contribution in [2.45, 2.75) is 37.9 Å². The highest BCUT2D eigenvalue weighted by Gasteiger charge is 2.36. The fourth-order valence-electron chi connectivity index (χ4n) is 2.92. The van der Waals surface area contributed by atoms with E-state index in [0.29, 0.717) is 25.2 Å². The minimum absolute atomic E-state index is 0.124. The molecule has 2 unspecified atom stereocenters. The van der Waals surface area contributed by atoms with Gasteiger partial charge in [-0.2, -0.15) is 23.4 Å². The number of piperidine rings is 1. The molecule has 0 aliphatic carbocycles. The largest absolute Gasteiger partial charge is 0.435 e. The number of rotatable bonds is 3. The van der Waals surface area contributed by atoms with Crippen LogP contribution in [0.4, 0.5) is 13.2 Å². The molecule has 1 aliphatic rings. The molecule has 3 heterocycles. The Labute approximate surface area is 135 Å². The number of aromatic nitrogens is 5. The third-order valence-electron chi connectivity index (χ3n) is 4.25. The number of hydrogen-bond acceptors (Lipinski definition) is 4. The summed E-state index contributed by atoms with van der Waals surface area (Å²) in [5.74, 6) is -0.310. The quantitative estimate of drug-likeness (QED) is 0.925. The van der Waals surface area contributed by atoms with Gasteiger partial charge in [-0.25, -0.2) is 9.67 Å². The summed E-state index contributed by atoms with van der Waals surface area (Å²) < 4.78 is 39.5. The first-order chi connectivity index (χ1) is 11.4. The standard InChI is InChI=1S/C14H17F3N6O/c1-9(23-8-18-7-19-23)13(24)22-4-2-3-10(6-22)11-5-12(21-20-11)14(15,16)17/h5,7-10H,2-4,6H2,1H3,(H,20,21). The van der Waals surface area contributed by atoms with Gasteiger partial charge in [0.2, 0.25) is 5.91 Å².